The number of hydrogen-bond donors (Lipinski definition) is 2. The molecule has 1 heterocycles. The number of carbonyl (C=O) groups is 1. The molecule has 1 aliphatic rings. The van der Waals surface area contributed by atoms with Crippen molar-refractivity contribution in [1.29, 1.82) is 0 Å². The summed E-state index contributed by atoms with van der Waals surface area (Å²) < 4.78 is 0. The van der Waals surface area contributed by atoms with Crippen molar-refractivity contribution in [3.63, 3.8) is 0 Å². The molecule has 0 spiro atoms. The average Bonchev–Trinajstić information content (AvgIpc) is 2.32. The molecular weight excluding hydrogens is 204 g/mol. The Morgan fingerprint density at radius 2 is 2.12 bits per heavy atom. The lowest BCUT2D eigenvalue weighted by Gasteiger charge is -2.25. The van der Waals surface area contributed by atoms with Crippen LogP contribution in [-0.2, 0) is 4.79 Å². The van der Waals surface area contributed by atoms with Gasteiger partial charge in [-0.05, 0) is 12.5 Å². The molecule has 4 nitrogen and oxygen atoms in total. The van der Waals surface area contributed by atoms with Gasteiger partial charge in [0.1, 0.15) is 0 Å². The van der Waals surface area contributed by atoms with Crippen molar-refractivity contribution < 1.29 is 9.90 Å². The molecule has 0 aromatic heterocycles. The first-order valence-corrected chi connectivity index (χ1v) is 5.24. The van der Waals surface area contributed by atoms with Crippen LogP contribution in [0.1, 0.15) is 25.0 Å². The van der Waals surface area contributed by atoms with Crippen LogP contribution in [0.15, 0.2) is 35.4 Å². The number of rotatable bonds is 2. The molecule has 0 saturated heterocycles. The van der Waals surface area contributed by atoms with E-state index >= 15 is 0 Å². The second kappa shape index (κ2) is 4.45. The number of nitrogens with zero attached hydrogens (tertiary/aromatic N) is 1. The molecule has 1 amide bonds. The summed E-state index contributed by atoms with van der Waals surface area (Å²) in [5, 5.41) is 14.1. The summed E-state index contributed by atoms with van der Waals surface area (Å²) in [6.45, 7) is 1.82. The predicted octanol–water partition coefficient (Wildman–Crippen LogP) is 1.23. The molecule has 0 saturated carbocycles. The number of aliphatic hydroxyl groups excluding tert-OH is 1. The highest BCUT2D eigenvalue weighted by Gasteiger charge is 2.28. The van der Waals surface area contributed by atoms with Gasteiger partial charge in [-0.25, -0.2) is 5.43 Å². The lowest BCUT2D eigenvalue weighted by Crippen LogP contribution is -2.34. The van der Waals surface area contributed by atoms with Crippen LogP contribution < -0.4 is 5.43 Å². The van der Waals surface area contributed by atoms with Crippen molar-refractivity contribution in [2.45, 2.75) is 19.4 Å². The maximum absolute atomic E-state index is 11.2. The van der Waals surface area contributed by atoms with Crippen molar-refractivity contribution in [2.75, 3.05) is 0 Å². The van der Waals surface area contributed by atoms with E-state index in [1.54, 1.807) is 0 Å². The summed E-state index contributed by atoms with van der Waals surface area (Å²) in [5.74, 6) is -0.373. The van der Waals surface area contributed by atoms with E-state index in [4.69, 9.17) is 0 Å². The smallest absolute Gasteiger partial charge is 0.240 e. The van der Waals surface area contributed by atoms with Gasteiger partial charge < -0.3 is 5.11 Å². The summed E-state index contributed by atoms with van der Waals surface area (Å²) in [6.07, 6.45) is -0.387. The summed E-state index contributed by atoms with van der Waals surface area (Å²) in [5.41, 5.74) is 3.98. The minimum atomic E-state index is -0.670. The highest BCUT2D eigenvalue weighted by molar-refractivity contribution is 5.93. The van der Waals surface area contributed by atoms with Gasteiger partial charge in [0, 0.05) is 18.1 Å². The fourth-order valence-corrected chi connectivity index (χ4v) is 1.85. The van der Waals surface area contributed by atoms with Crippen LogP contribution in [0.25, 0.3) is 0 Å². The normalized spacial score (nSPS) is 22.2. The van der Waals surface area contributed by atoms with E-state index < -0.39 is 6.10 Å². The number of hydrazone groups is 1. The highest BCUT2D eigenvalue weighted by atomic mass is 16.3. The van der Waals surface area contributed by atoms with E-state index in [0.717, 1.165) is 11.3 Å². The van der Waals surface area contributed by atoms with Gasteiger partial charge in [-0.2, -0.15) is 5.10 Å². The molecule has 0 fully saturated rings. The molecule has 1 aromatic carbocycles. The summed E-state index contributed by atoms with van der Waals surface area (Å²) in [4.78, 5) is 11.2. The monoisotopic (exact) mass is 218 g/mol. The van der Waals surface area contributed by atoms with Crippen LogP contribution >= 0.6 is 0 Å². The number of benzene rings is 1. The van der Waals surface area contributed by atoms with Crippen molar-refractivity contribution in [1.82, 2.24) is 5.43 Å². The van der Waals surface area contributed by atoms with Gasteiger partial charge in [0.05, 0.1) is 6.10 Å². The summed E-state index contributed by atoms with van der Waals surface area (Å²) in [7, 11) is 0. The molecule has 4 heteroatoms. The fourth-order valence-electron chi connectivity index (χ4n) is 1.85. The average molecular weight is 218 g/mol. The Labute approximate surface area is 94.0 Å². The highest BCUT2D eigenvalue weighted by Crippen LogP contribution is 2.27. The van der Waals surface area contributed by atoms with E-state index in [0.29, 0.717) is 0 Å². The zero-order valence-electron chi connectivity index (χ0n) is 9.05. The van der Waals surface area contributed by atoms with Gasteiger partial charge in [0.25, 0.3) is 0 Å². The van der Waals surface area contributed by atoms with Crippen molar-refractivity contribution in [2.24, 2.45) is 11.0 Å². The van der Waals surface area contributed by atoms with E-state index in [1.165, 1.54) is 0 Å². The molecule has 84 valence electrons. The molecule has 1 aromatic rings. The zero-order valence-corrected chi connectivity index (χ0v) is 9.05. The Hall–Kier alpha value is -1.68. The number of carbonyl (C=O) groups excluding carboxylic acids is 1. The number of amides is 1. The largest absolute Gasteiger partial charge is 0.388 e. The van der Waals surface area contributed by atoms with Crippen LogP contribution in [0.2, 0.25) is 0 Å². The first-order chi connectivity index (χ1) is 7.68. The fraction of sp³-hybridized carbons (Fsp3) is 0.333. The van der Waals surface area contributed by atoms with E-state index in [-0.39, 0.29) is 18.2 Å². The van der Waals surface area contributed by atoms with Gasteiger partial charge in [0.15, 0.2) is 0 Å². The van der Waals surface area contributed by atoms with Gasteiger partial charge in [-0.3, -0.25) is 4.79 Å². The Kier molecular flexibility index (Phi) is 3.01. The van der Waals surface area contributed by atoms with E-state index in [2.05, 4.69) is 10.5 Å². The van der Waals surface area contributed by atoms with Crippen LogP contribution in [0.5, 0.6) is 0 Å². The minimum absolute atomic E-state index is 0.148. The maximum atomic E-state index is 11.2. The molecule has 1 aliphatic heterocycles. The maximum Gasteiger partial charge on any atom is 0.240 e. The molecule has 0 aliphatic carbocycles. The zero-order chi connectivity index (χ0) is 11.5. The molecule has 16 heavy (non-hydrogen) atoms. The van der Waals surface area contributed by atoms with Crippen LogP contribution in [0, 0.1) is 5.92 Å². The minimum Gasteiger partial charge on any atom is -0.388 e. The van der Waals surface area contributed by atoms with Crippen molar-refractivity contribution >= 4 is 11.6 Å². The Balaban J connectivity index is 2.22. The SMILES string of the molecule is CC1=NNC(=O)C[C@@H]1[C@@H](O)c1ccccc1. The van der Waals surface area contributed by atoms with Crippen LogP contribution in [0.4, 0.5) is 0 Å². The third-order valence-corrected chi connectivity index (χ3v) is 2.82. The Morgan fingerprint density at radius 1 is 1.44 bits per heavy atom. The number of hydrogen-bond acceptors (Lipinski definition) is 3. The van der Waals surface area contributed by atoms with Gasteiger partial charge >= 0.3 is 0 Å². The summed E-state index contributed by atoms with van der Waals surface area (Å²) >= 11 is 0. The van der Waals surface area contributed by atoms with Crippen molar-refractivity contribution in [3.8, 4) is 0 Å². The quantitative estimate of drug-likeness (QED) is 0.784. The molecule has 0 bridgehead atoms. The van der Waals surface area contributed by atoms with Crippen LogP contribution in [0.3, 0.4) is 0 Å². The number of nitrogens with one attached hydrogen (secondary N) is 1. The van der Waals surface area contributed by atoms with E-state index in [1.807, 2.05) is 37.3 Å². The standard InChI is InChI=1S/C12H14N2O2/c1-8-10(7-11(15)14-13-8)12(16)9-5-3-2-4-6-9/h2-6,10,12,16H,7H2,1H3,(H,14,15)/t10-,12-/m0/s1. The first-order valence-electron chi connectivity index (χ1n) is 5.24. The predicted molar refractivity (Wildman–Crippen MR) is 60.8 cm³/mol. The first kappa shape index (κ1) is 10.8. The second-order valence-electron chi connectivity index (χ2n) is 3.95. The molecular formula is C12H14N2O2. The lowest BCUT2D eigenvalue weighted by atomic mass is 9.88. The van der Waals surface area contributed by atoms with Gasteiger partial charge in [-0.15, -0.1) is 0 Å². The van der Waals surface area contributed by atoms with Gasteiger partial charge in [0.2, 0.25) is 5.91 Å². The molecule has 2 N–H and O–H groups in total. The Morgan fingerprint density at radius 3 is 2.81 bits per heavy atom. The Bertz CT molecular complexity index is 414. The lowest BCUT2D eigenvalue weighted by molar-refractivity contribution is -0.122. The molecule has 0 unspecified atom stereocenters. The number of aliphatic hydroxyl groups is 1. The molecule has 2 rings (SSSR count). The van der Waals surface area contributed by atoms with Crippen molar-refractivity contribution in [3.05, 3.63) is 35.9 Å². The second-order valence-corrected chi connectivity index (χ2v) is 3.95. The summed E-state index contributed by atoms with van der Waals surface area (Å²) in [6, 6.07) is 9.33. The van der Waals surface area contributed by atoms with E-state index in [9.17, 15) is 9.90 Å². The third-order valence-electron chi connectivity index (χ3n) is 2.82. The van der Waals surface area contributed by atoms with Crippen LogP contribution in [-0.4, -0.2) is 16.7 Å². The molecule has 0 radical (unpaired) electrons. The topological polar surface area (TPSA) is 61.7 Å². The molecule has 2 atom stereocenters. The van der Waals surface area contributed by atoms with Gasteiger partial charge in [-0.1, -0.05) is 30.3 Å². The third kappa shape index (κ3) is 2.12.